The lowest BCUT2D eigenvalue weighted by atomic mass is 10.0. The van der Waals surface area contributed by atoms with E-state index in [1.54, 1.807) is 0 Å². The number of ether oxygens (including phenoxy) is 2. The summed E-state index contributed by atoms with van der Waals surface area (Å²) >= 11 is 0. The fourth-order valence-electron chi connectivity index (χ4n) is 3.51. The summed E-state index contributed by atoms with van der Waals surface area (Å²) in [6.07, 6.45) is 2.55. The first-order valence-corrected chi connectivity index (χ1v) is 8.28. The van der Waals surface area contributed by atoms with Crippen LogP contribution >= 0.6 is 0 Å². The monoisotopic (exact) mass is 331 g/mol. The highest BCUT2D eigenvalue weighted by Crippen LogP contribution is 2.33. The van der Waals surface area contributed by atoms with E-state index in [1.165, 1.54) is 12.1 Å². The molecule has 0 bridgehead atoms. The number of hydrogen-bond donors (Lipinski definition) is 1. The van der Waals surface area contributed by atoms with Crippen LogP contribution in [0.15, 0.2) is 36.4 Å². The third-order valence-electron chi connectivity index (χ3n) is 4.66. The van der Waals surface area contributed by atoms with Gasteiger partial charge in [0, 0.05) is 17.6 Å². The maximum atomic E-state index is 13.9. The van der Waals surface area contributed by atoms with E-state index in [9.17, 15) is 8.78 Å². The number of rotatable bonds is 3. The Morgan fingerprint density at radius 3 is 2.67 bits per heavy atom. The lowest BCUT2D eigenvalue weighted by Gasteiger charge is -2.20. The first-order valence-electron chi connectivity index (χ1n) is 8.28. The molecule has 1 saturated heterocycles. The molecule has 0 aliphatic carbocycles. The Kier molecular flexibility index (Phi) is 4.10. The maximum absolute atomic E-state index is 13.9. The second-order valence-corrected chi connectivity index (χ2v) is 6.34. The van der Waals surface area contributed by atoms with Crippen molar-refractivity contribution in [1.82, 2.24) is 5.32 Å². The summed E-state index contributed by atoms with van der Waals surface area (Å²) in [6, 6.07) is 9.71. The molecule has 0 radical (unpaired) electrons. The molecule has 24 heavy (non-hydrogen) atoms. The molecule has 0 saturated carbocycles. The summed E-state index contributed by atoms with van der Waals surface area (Å²) in [5, 5.41) is 3.43. The van der Waals surface area contributed by atoms with Gasteiger partial charge in [0.05, 0.1) is 0 Å². The van der Waals surface area contributed by atoms with Gasteiger partial charge in [-0.1, -0.05) is 6.07 Å². The van der Waals surface area contributed by atoms with E-state index >= 15 is 0 Å². The van der Waals surface area contributed by atoms with Gasteiger partial charge in [-0.2, -0.15) is 0 Å². The first kappa shape index (κ1) is 15.4. The molecular formula is C19H19F2NO2. The van der Waals surface area contributed by atoms with Crippen LogP contribution in [0.2, 0.25) is 0 Å². The predicted octanol–water partition coefficient (Wildman–Crippen LogP) is 3.77. The molecule has 1 N–H and O–H groups in total. The van der Waals surface area contributed by atoms with Gasteiger partial charge in [-0.3, -0.25) is 0 Å². The van der Waals surface area contributed by atoms with Gasteiger partial charge < -0.3 is 14.8 Å². The minimum atomic E-state index is -0.400. The summed E-state index contributed by atoms with van der Waals surface area (Å²) in [4.78, 5) is 0. The number of halogens is 2. The molecule has 5 heteroatoms. The van der Waals surface area contributed by atoms with Gasteiger partial charge in [-0.05, 0) is 55.2 Å². The highest BCUT2D eigenvalue weighted by atomic mass is 19.1. The van der Waals surface area contributed by atoms with E-state index in [0.717, 1.165) is 42.4 Å². The molecule has 1 unspecified atom stereocenters. The summed E-state index contributed by atoms with van der Waals surface area (Å²) in [7, 11) is 0. The van der Waals surface area contributed by atoms with Crippen LogP contribution in [0.25, 0.3) is 0 Å². The quantitative estimate of drug-likeness (QED) is 0.929. The van der Waals surface area contributed by atoms with Crippen LogP contribution in [0, 0.1) is 11.6 Å². The Labute approximate surface area is 139 Å². The molecule has 4 rings (SSSR count). The molecule has 2 aliphatic rings. The zero-order valence-electron chi connectivity index (χ0n) is 13.2. The first-order chi connectivity index (χ1) is 11.7. The SMILES string of the molecule is Fc1ccc(F)c([C@H]2CCC(Cc3ccc4c(c3)OCCO4)N2)c1. The van der Waals surface area contributed by atoms with Gasteiger partial charge in [-0.25, -0.2) is 8.78 Å². The number of hydrogen-bond acceptors (Lipinski definition) is 3. The van der Waals surface area contributed by atoms with E-state index in [4.69, 9.17) is 9.47 Å². The largest absolute Gasteiger partial charge is 0.486 e. The topological polar surface area (TPSA) is 30.5 Å². The Morgan fingerprint density at radius 1 is 0.958 bits per heavy atom. The van der Waals surface area contributed by atoms with Crippen molar-refractivity contribution in [1.29, 1.82) is 0 Å². The van der Waals surface area contributed by atoms with Crippen molar-refractivity contribution in [2.45, 2.75) is 31.3 Å². The molecule has 2 aromatic rings. The molecule has 2 heterocycles. The maximum Gasteiger partial charge on any atom is 0.161 e. The molecule has 3 nitrogen and oxygen atoms in total. The van der Waals surface area contributed by atoms with Crippen molar-refractivity contribution in [2.24, 2.45) is 0 Å². The van der Waals surface area contributed by atoms with Gasteiger partial charge in [0.15, 0.2) is 11.5 Å². The highest BCUT2D eigenvalue weighted by molar-refractivity contribution is 5.44. The van der Waals surface area contributed by atoms with Crippen molar-refractivity contribution in [3.8, 4) is 11.5 Å². The third-order valence-corrected chi connectivity index (χ3v) is 4.66. The van der Waals surface area contributed by atoms with E-state index in [0.29, 0.717) is 18.8 Å². The van der Waals surface area contributed by atoms with Crippen molar-refractivity contribution in [2.75, 3.05) is 13.2 Å². The molecule has 2 aliphatic heterocycles. The van der Waals surface area contributed by atoms with E-state index in [2.05, 4.69) is 5.32 Å². The van der Waals surface area contributed by atoms with E-state index in [1.807, 2.05) is 18.2 Å². The molecule has 0 amide bonds. The van der Waals surface area contributed by atoms with Crippen molar-refractivity contribution in [3.05, 3.63) is 59.2 Å². The van der Waals surface area contributed by atoms with Crippen molar-refractivity contribution in [3.63, 3.8) is 0 Å². The van der Waals surface area contributed by atoms with Gasteiger partial charge in [0.1, 0.15) is 24.8 Å². The van der Waals surface area contributed by atoms with Gasteiger partial charge >= 0.3 is 0 Å². The van der Waals surface area contributed by atoms with Gasteiger partial charge in [-0.15, -0.1) is 0 Å². The highest BCUT2D eigenvalue weighted by Gasteiger charge is 2.27. The van der Waals surface area contributed by atoms with Crippen LogP contribution < -0.4 is 14.8 Å². The van der Waals surface area contributed by atoms with E-state index < -0.39 is 5.82 Å². The Balaban J connectivity index is 1.45. The molecule has 2 aromatic carbocycles. The second-order valence-electron chi connectivity index (χ2n) is 6.34. The summed E-state index contributed by atoms with van der Waals surface area (Å²) in [5.74, 6) is 0.811. The second kappa shape index (κ2) is 6.40. The third kappa shape index (κ3) is 3.08. The molecule has 1 fully saturated rings. The van der Waals surface area contributed by atoms with Crippen LogP contribution in [0.1, 0.15) is 30.0 Å². The fraction of sp³-hybridized carbons (Fsp3) is 0.368. The molecular weight excluding hydrogens is 312 g/mol. The number of nitrogens with one attached hydrogen (secondary N) is 1. The Morgan fingerprint density at radius 2 is 1.79 bits per heavy atom. The van der Waals surface area contributed by atoms with Gasteiger partial charge in [0.2, 0.25) is 0 Å². The van der Waals surface area contributed by atoms with Crippen LogP contribution in [0.3, 0.4) is 0 Å². The minimum absolute atomic E-state index is 0.136. The molecule has 0 spiro atoms. The zero-order chi connectivity index (χ0) is 16.5. The van der Waals surface area contributed by atoms with Crippen LogP contribution in [-0.4, -0.2) is 19.3 Å². The minimum Gasteiger partial charge on any atom is -0.486 e. The van der Waals surface area contributed by atoms with Crippen LogP contribution in [0.5, 0.6) is 11.5 Å². The van der Waals surface area contributed by atoms with Crippen molar-refractivity contribution >= 4 is 0 Å². The Bertz CT molecular complexity index is 750. The fourth-order valence-corrected chi connectivity index (χ4v) is 3.51. The smallest absolute Gasteiger partial charge is 0.161 e. The lowest BCUT2D eigenvalue weighted by molar-refractivity contribution is 0.171. The normalized spacial score (nSPS) is 22.6. The Hall–Kier alpha value is -2.14. The predicted molar refractivity (Wildman–Crippen MR) is 86.4 cm³/mol. The van der Waals surface area contributed by atoms with Crippen LogP contribution in [-0.2, 0) is 6.42 Å². The van der Waals surface area contributed by atoms with Gasteiger partial charge in [0.25, 0.3) is 0 Å². The van der Waals surface area contributed by atoms with Crippen molar-refractivity contribution < 1.29 is 18.3 Å². The number of benzene rings is 2. The summed E-state index contributed by atoms with van der Waals surface area (Å²) < 4.78 is 38.5. The zero-order valence-corrected chi connectivity index (χ0v) is 13.2. The molecule has 2 atom stereocenters. The number of fused-ring (bicyclic) bond motifs is 1. The summed E-state index contributed by atoms with van der Waals surface area (Å²) in [6.45, 7) is 1.15. The molecule has 126 valence electrons. The average molecular weight is 331 g/mol. The summed E-state index contributed by atoms with van der Waals surface area (Å²) in [5.41, 5.74) is 1.57. The average Bonchev–Trinajstić information content (AvgIpc) is 3.05. The molecule has 0 aromatic heterocycles. The standard InChI is InChI=1S/C19H19F2NO2/c20-13-2-4-16(21)15(11-13)17-5-3-14(22-17)9-12-1-6-18-19(10-12)24-8-7-23-18/h1-2,4,6,10-11,14,17,22H,3,5,7-9H2/t14?,17-/m1/s1. The van der Waals surface area contributed by atoms with E-state index in [-0.39, 0.29) is 17.9 Å². The lowest BCUT2D eigenvalue weighted by Crippen LogP contribution is -2.27. The van der Waals surface area contributed by atoms with Crippen LogP contribution in [0.4, 0.5) is 8.78 Å².